The summed E-state index contributed by atoms with van der Waals surface area (Å²) in [6, 6.07) is 5.71. The predicted molar refractivity (Wildman–Crippen MR) is 87.2 cm³/mol. The smallest absolute Gasteiger partial charge is 0.339 e. The van der Waals surface area contributed by atoms with Gasteiger partial charge in [-0.15, -0.1) is 11.3 Å². The van der Waals surface area contributed by atoms with Gasteiger partial charge >= 0.3 is 5.97 Å². The number of hydrogen-bond donors (Lipinski definition) is 0. The molecule has 23 heavy (non-hydrogen) atoms. The van der Waals surface area contributed by atoms with Crippen molar-refractivity contribution in [3.8, 4) is 0 Å². The van der Waals surface area contributed by atoms with Gasteiger partial charge in [0.05, 0.1) is 18.2 Å². The van der Waals surface area contributed by atoms with Gasteiger partial charge < -0.3 is 9.64 Å². The Hall–Kier alpha value is -2.21. The first-order chi connectivity index (χ1) is 11.1. The number of hydrogen-bond acceptors (Lipinski definition) is 5. The minimum atomic E-state index is -0.395. The van der Waals surface area contributed by atoms with Crippen LogP contribution in [0, 0.1) is 12.8 Å². The number of likely N-dealkylation sites (tertiary alicyclic amines) is 1. The molecule has 0 saturated carbocycles. The lowest BCUT2D eigenvalue weighted by molar-refractivity contribution is -0.127. The number of esters is 1. The Bertz CT molecular complexity index is 714. The fourth-order valence-corrected chi connectivity index (χ4v) is 3.88. The molecule has 2 aromatic heterocycles. The first kappa shape index (κ1) is 15.7. The molecule has 2 aromatic rings. The Morgan fingerprint density at radius 2 is 2.30 bits per heavy atom. The van der Waals surface area contributed by atoms with Crippen molar-refractivity contribution in [3.63, 3.8) is 0 Å². The minimum absolute atomic E-state index is 0.0205. The van der Waals surface area contributed by atoms with Gasteiger partial charge in [0.25, 0.3) is 0 Å². The second-order valence-electron chi connectivity index (χ2n) is 5.78. The number of ether oxygens (including phenoxy) is 1. The lowest BCUT2D eigenvalue weighted by Gasteiger charge is -2.23. The van der Waals surface area contributed by atoms with Gasteiger partial charge in [0, 0.05) is 36.7 Å². The molecular weight excluding hydrogens is 312 g/mol. The topological polar surface area (TPSA) is 59.5 Å². The highest BCUT2D eigenvalue weighted by molar-refractivity contribution is 7.10. The van der Waals surface area contributed by atoms with E-state index >= 15 is 0 Å². The lowest BCUT2D eigenvalue weighted by atomic mass is 10.00. The molecule has 6 heteroatoms. The maximum Gasteiger partial charge on any atom is 0.339 e. The second-order valence-corrected chi connectivity index (χ2v) is 6.76. The molecule has 3 rings (SSSR count). The van der Waals surface area contributed by atoms with Crippen molar-refractivity contribution < 1.29 is 14.3 Å². The van der Waals surface area contributed by atoms with Crippen molar-refractivity contribution in [2.45, 2.75) is 19.4 Å². The first-order valence-corrected chi connectivity index (χ1v) is 8.32. The molecular formula is C17H18N2O3S. The molecule has 120 valence electrons. The van der Waals surface area contributed by atoms with Crippen molar-refractivity contribution in [1.29, 1.82) is 0 Å². The average Bonchev–Trinajstić information content (AvgIpc) is 3.14. The highest BCUT2D eigenvalue weighted by Gasteiger charge is 2.39. The molecule has 1 aliphatic rings. The minimum Gasteiger partial charge on any atom is -0.462 e. The van der Waals surface area contributed by atoms with Crippen LogP contribution < -0.4 is 0 Å². The van der Waals surface area contributed by atoms with E-state index in [-0.39, 0.29) is 24.5 Å². The monoisotopic (exact) mass is 330 g/mol. The zero-order valence-electron chi connectivity index (χ0n) is 13.1. The second kappa shape index (κ2) is 6.50. The molecule has 0 spiro atoms. The van der Waals surface area contributed by atoms with Crippen molar-refractivity contribution in [3.05, 3.63) is 52.0 Å². The van der Waals surface area contributed by atoms with Gasteiger partial charge in [0.2, 0.25) is 5.91 Å². The highest BCUT2D eigenvalue weighted by atomic mass is 32.1. The van der Waals surface area contributed by atoms with Crippen LogP contribution in [0.4, 0.5) is 0 Å². The quantitative estimate of drug-likeness (QED) is 0.809. The molecule has 0 bridgehead atoms. The van der Waals surface area contributed by atoms with Gasteiger partial charge in [-0.3, -0.25) is 9.78 Å². The van der Waals surface area contributed by atoms with E-state index in [2.05, 4.69) is 4.98 Å². The van der Waals surface area contributed by atoms with Gasteiger partial charge in [0.1, 0.15) is 0 Å². The maximum absolute atomic E-state index is 12.2. The molecule has 2 atom stereocenters. The zero-order valence-corrected chi connectivity index (χ0v) is 13.9. The van der Waals surface area contributed by atoms with Crippen LogP contribution in [0.1, 0.15) is 33.3 Å². The molecule has 1 aliphatic heterocycles. The predicted octanol–water partition coefficient (Wildman–Crippen LogP) is 2.83. The van der Waals surface area contributed by atoms with Gasteiger partial charge in [-0.05, 0) is 30.0 Å². The van der Waals surface area contributed by atoms with Crippen molar-refractivity contribution >= 4 is 23.2 Å². The summed E-state index contributed by atoms with van der Waals surface area (Å²) < 4.78 is 5.44. The van der Waals surface area contributed by atoms with E-state index in [1.54, 1.807) is 35.5 Å². The Kier molecular flexibility index (Phi) is 4.43. The molecule has 1 amide bonds. The van der Waals surface area contributed by atoms with E-state index < -0.39 is 5.97 Å². The summed E-state index contributed by atoms with van der Waals surface area (Å²) in [4.78, 5) is 31.1. The van der Waals surface area contributed by atoms with Gasteiger partial charge in [-0.2, -0.15) is 0 Å². The van der Waals surface area contributed by atoms with E-state index in [1.165, 1.54) is 6.20 Å². The van der Waals surface area contributed by atoms with Gasteiger partial charge in [0.15, 0.2) is 0 Å². The summed E-state index contributed by atoms with van der Waals surface area (Å²) in [5, 5.41) is 1.99. The van der Waals surface area contributed by atoms with Crippen LogP contribution >= 0.6 is 11.3 Å². The van der Waals surface area contributed by atoms with E-state index in [4.69, 9.17) is 4.74 Å². The number of nitrogens with zero attached hydrogens (tertiary/aromatic N) is 2. The van der Waals surface area contributed by atoms with Crippen LogP contribution in [0.5, 0.6) is 0 Å². The summed E-state index contributed by atoms with van der Waals surface area (Å²) in [5.41, 5.74) is 1.35. The van der Waals surface area contributed by atoms with Crippen LogP contribution in [0.3, 0.4) is 0 Å². The fraction of sp³-hybridized carbons (Fsp3) is 0.353. The summed E-state index contributed by atoms with van der Waals surface area (Å²) in [5.74, 6) is -0.331. The number of thiophene rings is 1. The molecule has 0 aliphatic carbocycles. The van der Waals surface area contributed by atoms with Crippen LogP contribution in [0.2, 0.25) is 0 Å². The van der Waals surface area contributed by atoms with Crippen molar-refractivity contribution in [2.75, 3.05) is 13.7 Å². The number of pyridine rings is 1. The Morgan fingerprint density at radius 3 is 3.00 bits per heavy atom. The van der Waals surface area contributed by atoms with E-state index in [1.807, 2.05) is 24.4 Å². The average molecular weight is 330 g/mol. The SMILES string of the molecule is Cc1cncc(C(=O)OC[C@H]2CC(=O)N(C)[C@@H]2c2cccs2)c1. The Morgan fingerprint density at radius 1 is 1.48 bits per heavy atom. The Balaban J connectivity index is 1.69. The Labute approximate surface area is 138 Å². The number of carbonyl (C=O) groups excluding carboxylic acids is 2. The highest BCUT2D eigenvalue weighted by Crippen LogP contribution is 2.39. The summed E-state index contributed by atoms with van der Waals surface area (Å²) in [7, 11) is 1.80. The van der Waals surface area contributed by atoms with Crippen LogP contribution in [0.15, 0.2) is 36.0 Å². The first-order valence-electron chi connectivity index (χ1n) is 7.44. The third-order valence-electron chi connectivity index (χ3n) is 4.07. The van der Waals surface area contributed by atoms with E-state index in [9.17, 15) is 9.59 Å². The molecule has 3 heterocycles. The largest absolute Gasteiger partial charge is 0.462 e. The molecule has 1 saturated heterocycles. The summed E-state index contributed by atoms with van der Waals surface area (Å²) >= 11 is 1.62. The molecule has 5 nitrogen and oxygen atoms in total. The van der Waals surface area contributed by atoms with E-state index in [0.717, 1.165) is 10.4 Å². The molecule has 0 radical (unpaired) electrons. The number of amides is 1. The van der Waals surface area contributed by atoms with Crippen molar-refractivity contribution in [1.82, 2.24) is 9.88 Å². The number of aryl methyl sites for hydroxylation is 1. The van der Waals surface area contributed by atoms with Crippen molar-refractivity contribution in [2.24, 2.45) is 5.92 Å². The molecule has 0 unspecified atom stereocenters. The fourth-order valence-electron chi connectivity index (χ4n) is 2.92. The summed E-state index contributed by atoms with van der Waals surface area (Å²) in [6.45, 7) is 2.10. The number of carbonyl (C=O) groups is 2. The number of rotatable bonds is 4. The third-order valence-corrected chi connectivity index (χ3v) is 5.01. The molecule has 0 aromatic carbocycles. The van der Waals surface area contributed by atoms with Gasteiger partial charge in [-0.1, -0.05) is 6.07 Å². The van der Waals surface area contributed by atoms with Crippen LogP contribution in [0.25, 0.3) is 0 Å². The van der Waals surface area contributed by atoms with E-state index in [0.29, 0.717) is 12.0 Å². The summed E-state index contributed by atoms with van der Waals surface area (Å²) in [6.07, 6.45) is 3.59. The van der Waals surface area contributed by atoms with Crippen LogP contribution in [-0.4, -0.2) is 35.4 Å². The lowest BCUT2D eigenvalue weighted by Crippen LogP contribution is -2.25. The number of aromatic nitrogens is 1. The molecule has 0 N–H and O–H groups in total. The normalized spacial score (nSPS) is 20.8. The molecule has 1 fully saturated rings. The maximum atomic E-state index is 12.2. The zero-order chi connectivity index (χ0) is 16.4. The standard InChI is InChI=1S/C17H18N2O3S/c1-11-6-12(9-18-8-11)17(21)22-10-13-7-15(20)19(2)16(13)14-4-3-5-23-14/h3-6,8-9,13,16H,7,10H2,1-2H3/t13-,16+/m1/s1. The third kappa shape index (κ3) is 3.27. The van der Waals surface area contributed by atoms with Crippen LogP contribution in [-0.2, 0) is 9.53 Å². The van der Waals surface area contributed by atoms with Gasteiger partial charge in [-0.25, -0.2) is 4.79 Å².